The first-order valence-electron chi connectivity index (χ1n) is 8.14. The summed E-state index contributed by atoms with van der Waals surface area (Å²) in [5.41, 5.74) is 5.70. The number of nitrogens with two attached hydrogens (primary N) is 1. The van der Waals surface area contributed by atoms with Gasteiger partial charge in [-0.1, -0.05) is 26.2 Å². The molecule has 2 aliphatic rings. The zero-order chi connectivity index (χ0) is 13.7. The molecule has 0 aromatic rings. The molecule has 0 aromatic carbocycles. The fraction of sp³-hybridized carbons (Fsp3) is 0.938. The van der Waals surface area contributed by atoms with Crippen LogP contribution >= 0.6 is 0 Å². The number of nitriles is 1. The van der Waals surface area contributed by atoms with E-state index >= 15 is 0 Å². The minimum Gasteiger partial charge on any atom is -0.313 e. The number of rotatable bonds is 5. The van der Waals surface area contributed by atoms with E-state index in [-0.39, 0.29) is 0 Å². The maximum absolute atomic E-state index is 9.28. The summed E-state index contributed by atoms with van der Waals surface area (Å²) in [6.45, 7) is 4.68. The lowest BCUT2D eigenvalue weighted by atomic mass is 9.86. The lowest BCUT2D eigenvalue weighted by Crippen LogP contribution is -2.45. The largest absolute Gasteiger partial charge is 0.313 e. The Morgan fingerprint density at radius 2 is 2.11 bits per heavy atom. The van der Waals surface area contributed by atoms with Crippen molar-refractivity contribution < 1.29 is 0 Å². The highest BCUT2D eigenvalue weighted by molar-refractivity contribution is 5.12. The van der Waals surface area contributed by atoms with Crippen LogP contribution < -0.4 is 5.73 Å². The Morgan fingerprint density at radius 1 is 1.26 bits per heavy atom. The Hall–Kier alpha value is -0.590. The van der Waals surface area contributed by atoms with Crippen LogP contribution in [0, 0.1) is 17.2 Å². The van der Waals surface area contributed by atoms with Crippen molar-refractivity contribution in [3.8, 4) is 6.07 Å². The lowest BCUT2D eigenvalue weighted by Gasteiger charge is -2.37. The lowest BCUT2D eigenvalue weighted by molar-refractivity contribution is 0.127. The average molecular weight is 263 g/mol. The molecule has 1 heterocycles. The van der Waals surface area contributed by atoms with Gasteiger partial charge in [0.25, 0.3) is 0 Å². The zero-order valence-corrected chi connectivity index (χ0v) is 12.4. The van der Waals surface area contributed by atoms with Gasteiger partial charge in [-0.15, -0.1) is 0 Å². The molecule has 3 unspecified atom stereocenters. The first kappa shape index (κ1) is 14.8. The van der Waals surface area contributed by atoms with Crippen LogP contribution in [-0.2, 0) is 0 Å². The van der Waals surface area contributed by atoms with Crippen molar-refractivity contribution in [2.24, 2.45) is 11.7 Å². The SMILES string of the molecule is CCCC1CCCCN1CCC1CCCC1(N)C#N. The summed E-state index contributed by atoms with van der Waals surface area (Å²) >= 11 is 0. The van der Waals surface area contributed by atoms with Crippen molar-refractivity contribution in [1.29, 1.82) is 5.26 Å². The van der Waals surface area contributed by atoms with Gasteiger partial charge >= 0.3 is 0 Å². The molecule has 0 spiro atoms. The van der Waals surface area contributed by atoms with Crippen LogP contribution in [0.1, 0.15) is 64.7 Å². The standard InChI is InChI=1S/C16H29N3/c1-2-6-15-8-3-4-11-19(15)12-9-14-7-5-10-16(14,18)13-17/h14-15H,2-12,18H2,1H3. The molecule has 19 heavy (non-hydrogen) atoms. The van der Waals surface area contributed by atoms with Crippen molar-refractivity contribution in [3.05, 3.63) is 0 Å². The molecule has 1 aliphatic heterocycles. The first-order chi connectivity index (χ1) is 9.19. The maximum atomic E-state index is 9.28. The van der Waals surface area contributed by atoms with Crippen LogP contribution in [0.3, 0.4) is 0 Å². The Kier molecular flexibility index (Phi) is 5.24. The monoisotopic (exact) mass is 263 g/mol. The van der Waals surface area contributed by atoms with Crippen LogP contribution in [0.5, 0.6) is 0 Å². The van der Waals surface area contributed by atoms with E-state index < -0.39 is 5.54 Å². The van der Waals surface area contributed by atoms with Crippen molar-refractivity contribution in [3.63, 3.8) is 0 Å². The highest BCUT2D eigenvalue weighted by atomic mass is 15.2. The van der Waals surface area contributed by atoms with Gasteiger partial charge in [-0.25, -0.2) is 0 Å². The zero-order valence-electron chi connectivity index (χ0n) is 12.4. The Labute approximate surface area is 118 Å². The minimum atomic E-state index is -0.532. The average Bonchev–Trinajstić information content (AvgIpc) is 2.80. The fourth-order valence-corrected chi connectivity index (χ4v) is 3.99. The van der Waals surface area contributed by atoms with E-state index in [1.165, 1.54) is 38.6 Å². The fourth-order valence-electron chi connectivity index (χ4n) is 3.99. The molecule has 0 amide bonds. The van der Waals surface area contributed by atoms with Crippen molar-refractivity contribution in [2.75, 3.05) is 13.1 Å². The molecule has 1 saturated heterocycles. The molecule has 2 rings (SSSR count). The molecule has 3 nitrogen and oxygen atoms in total. The highest BCUT2D eigenvalue weighted by Gasteiger charge is 2.39. The van der Waals surface area contributed by atoms with Crippen molar-refractivity contribution >= 4 is 0 Å². The molecule has 3 atom stereocenters. The predicted molar refractivity (Wildman–Crippen MR) is 78.6 cm³/mol. The molecule has 108 valence electrons. The third-order valence-electron chi connectivity index (χ3n) is 5.22. The van der Waals surface area contributed by atoms with Gasteiger partial charge in [0, 0.05) is 6.04 Å². The van der Waals surface area contributed by atoms with Crippen LogP contribution in [0.25, 0.3) is 0 Å². The summed E-state index contributed by atoms with van der Waals surface area (Å²) in [6, 6.07) is 3.16. The maximum Gasteiger partial charge on any atom is 0.107 e. The molecule has 2 fully saturated rings. The summed E-state index contributed by atoms with van der Waals surface area (Å²) in [6.07, 6.45) is 11.0. The van der Waals surface area contributed by atoms with E-state index in [4.69, 9.17) is 5.73 Å². The van der Waals surface area contributed by atoms with Gasteiger partial charge in [0.2, 0.25) is 0 Å². The first-order valence-corrected chi connectivity index (χ1v) is 8.14. The second-order valence-electron chi connectivity index (χ2n) is 6.50. The quantitative estimate of drug-likeness (QED) is 0.829. The van der Waals surface area contributed by atoms with Crippen LogP contribution in [0.2, 0.25) is 0 Å². The molecule has 1 aliphatic carbocycles. The molecular weight excluding hydrogens is 234 g/mol. The third kappa shape index (κ3) is 3.49. The number of likely N-dealkylation sites (tertiary alicyclic amines) is 1. The number of hydrogen-bond donors (Lipinski definition) is 1. The third-order valence-corrected chi connectivity index (χ3v) is 5.22. The van der Waals surface area contributed by atoms with E-state index in [1.807, 2.05) is 0 Å². The highest BCUT2D eigenvalue weighted by Crippen LogP contribution is 2.36. The van der Waals surface area contributed by atoms with E-state index in [2.05, 4.69) is 17.9 Å². The number of hydrogen-bond acceptors (Lipinski definition) is 3. The Bertz CT molecular complexity index is 320. The van der Waals surface area contributed by atoms with Gasteiger partial charge < -0.3 is 10.6 Å². The van der Waals surface area contributed by atoms with Gasteiger partial charge in [0.15, 0.2) is 0 Å². The van der Waals surface area contributed by atoms with E-state index in [0.717, 1.165) is 38.3 Å². The van der Waals surface area contributed by atoms with Gasteiger partial charge in [0.1, 0.15) is 5.54 Å². The smallest absolute Gasteiger partial charge is 0.107 e. The van der Waals surface area contributed by atoms with E-state index in [9.17, 15) is 5.26 Å². The summed E-state index contributed by atoms with van der Waals surface area (Å²) in [5.74, 6) is 0.418. The van der Waals surface area contributed by atoms with Gasteiger partial charge in [-0.2, -0.15) is 5.26 Å². The number of piperidine rings is 1. The molecule has 2 N–H and O–H groups in total. The molecule has 0 aromatic heterocycles. The molecular formula is C16H29N3. The topological polar surface area (TPSA) is 53.0 Å². The van der Waals surface area contributed by atoms with Crippen molar-refractivity contribution in [1.82, 2.24) is 4.90 Å². The summed E-state index contributed by atoms with van der Waals surface area (Å²) in [7, 11) is 0. The minimum absolute atomic E-state index is 0.418. The Morgan fingerprint density at radius 3 is 2.84 bits per heavy atom. The second kappa shape index (κ2) is 6.72. The molecule has 1 saturated carbocycles. The van der Waals surface area contributed by atoms with E-state index in [0.29, 0.717) is 5.92 Å². The van der Waals surface area contributed by atoms with Gasteiger partial charge in [0.05, 0.1) is 6.07 Å². The van der Waals surface area contributed by atoms with Crippen LogP contribution in [0.4, 0.5) is 0 Å². The van der Waals surface area contributed by atoms with Crippen LogP contribution in [0.15, 0.2) is 0 Å². The second-order valence-corrected chi connectivity index (χ2v) is 6.50. The molecule has 3 heteroatoms. The summed E-state index contributed by atoms with van der Waals surface area (Å²) in [5, 5.41) is 9.28. The van der Waals surface area contributed by atoms with Gasteiger partial charge in [-0.3, -0.25) is 0 Å². The van der Waals surface area contributed by atoms with Gasteiger partial charge in [-0.05, 0) is 57.5 Å². The normalized spacial score (nSPS) is 36.3. The van der Waals surface area contributed by atoms with E-state index in [1.54, 1.807) is 0 Å². The number of nitrogens with zero attached hydrogens (tertiary/aromatic N) is 2. The van der Waals surface area contributed by atoms with Crippen molar-refractivity contribution in [2.45, 2.75) is 76.3 Å². The summed E-state index contributed by atoms with van der Waals surface area (Å²) < 4.78 is 0. The molecule has 0 bridgehead atoms. The molecule has 0 radical (unpaired) electrons. The van der Waals surface area contributed by atoms with Crippen LogP contribution in [-0.4, -0.2) is 29.6 Å². The Balaban J connectivity index is 1.85. The predicted octanol–water partition coefficient (Wildman–Crippen LogP) is 3.05. The summed E-state index contributed by atoms with van der Waals surface area (Å²) in [4.78, 5) is 2.67.